The molecule has 2 fully saturated rings. The van der Waals surface area contributed by atoms with Gasteiger partial charge in [0.1, 0.15) is 11.6 Å². The summed E-state index contributed by atoms with van der Waals surface area (Å²) < 4.78 is 13.5. The van der Waals surface area contributed by atoms with Crippen molar-refractivity contribution in [1.29, 1.82) is 0 Å². The SMILES string of the molecule is Cc1ccc(CN2CCC3C[C@]32c2nc3ccc(F)cc3[nH]2)cc1C. The van der Waals surface area contributed by atoms with Crippen LogP contribution >= 0.6 is 0 Å². The van der Waals surface area contributed by atoms with Crippen LogP contribution in [0.1, 0.15) is 35.4 Å². The third kappa shape index (κ3) is 2.24. The molecule has 2 aromatic carbocycles. The normalized spacial score (nSPS) is 25.5. The minimum absolute atomic E-state index is 0.0221. The standard InChI is InChI=1S/C21H22FN3/c1-13-3-4-15(9-14(13)2)12-25-8-7-16-11-21(16,25)20-23-18-6-5-17(22)10-19(18)24-20/h3-6,9-10,16H,7-8,11-12H2,1-2H3,(H,23,24)/t16?,21-/m1/s1. The molecule has 1 unspecified atom stereocenters. The highest BCUT2D eigenvalue weighted by Gasteiger charge is 2.64. The highest BCUT2D eigenvalue weighted by atomic mass is 19.1. The molecule has 3 nitrogen and oxygen atoms in total. The van der Waals surface area contributed by atoms with E-state index in [1.807, 2.05) is 0 Å². The van der Waals surface area contributed by atoms with E-state index in [1.54, 1.807) is 12.1 Å². The van der Waals surface area contributed by atoms with Gasteiger partial charge in [0.05, 0.1) is 16.6 Å². The summed E-state index contributed by atoms with van der Waals surface area (Å²) >= 11 is 0. The van der Waals surface area contributed by atoms with Gasteiger partial charge in [0.2, 0.25) is 0 Å². The summed E-state index contributed by atoms with van der Waals surface area (Å²) in [7, 11) is 0. The number of benzene rings is 2. The Morgan fingerprint density at radius 1 is 1.20 bits per heavy atom. The first-order valence-electron chi connectivity index (χ1n) is 9.03. The van der Waals surface area contributed by atoms with E-state index in [1.165, 1.54) is 29.2 Å². The van der Waals surface area contributed by atoms with Gasteiger partial charge in [-0.05, 0) is 74.0 Å². The molecule has 0 spiro atoms. The van der Waals surface area contributed by atoms with Gasteiger partial charge in [-0.15, -0.1) is 0 Å². The molecule has 2 heterocycles. The molecule has 1 aliphatic heterocycles. The maximum atomic E-state index is 13.5. The van der Waals surface area contributed by atoms with Crippen LogP contribution in [0.15, 0.2) is 36.4 Å². The molecule has 2 atom stereocenters. The Bertz CT molecular complexity index is 976. The highest BCUT2D eigenvalue weighted by molar-refractivity contribution is 5.75. The van der Waals surface area contributed by atoms with Gasteiger partial charge >= 0.3 is 0 Å². The molecule has 25 heavy (non-hydrogen) atoms. The van der Waals surface area contributed by atoms with Gasteiger partial charge in [0, 0.05) is 6.54 Å². The van der Waals surface area contributed by atoms with Crippen LogP contribution in [0.5, 0.6) is 0 Å². The van der Waals surface area contributed by atoms with Crippen LogP contribution in [0.25, 0.3) is 11.0 Å². The average Bonchev–Trinajstić information content (AvgIpc) is 3.00. The van der Waals surface area contributed by atoms with Crippen LogP contribution in [0.4, 0.5) is 4.39 Å². The molecule has 4 heteroatoms. The fourth-order valence-corrected chi connectivity index (χ4v) is 4.53. The largest absolute Gasteiger partial charge is 0.340 e. The lowest BCUT2D eigenvalue weighted by Crippen LogP contribution is -2.33. The Balaban J connectivity index is 1.49. The zero-order valence-electron chi connectivity index (χ0n) is 14.6. The topological polar surface area (TPSA) is 31.9 Å². The van der Waals surface area contributed by atoms with E-state index in [9.17, 15) is 4.39 Å². The molecule has 1 aliphatic carbocycles. The number of nitrogens with zero attached hydrogens (tertiary/aromatic N) is 2. The second-order valence-electron chi connectivity index (χ2n) is 7.70. The number of fused-ring (bicyclic) bond motifs is 2. The summed E-state index contributed by atoms with van der Waals surface area (Å²) in [5.74, 6) is 1.47. The highest BCUT2D eigenvalue weighted by Crippen LogP contribution is 2.62. The predicted octanol–water partition coefficient (Wildman–Crippen LogP) is 4.44. The first-order valence-corrected chi connectivity index (χ1v) is 9.03. The number of aryl methyl sites for hydroxylation is 2. The van der Waals surface area contributed by atoms with E-state index in [-0.39, 0.29) is 11.4 Å². The number of piperidine rings is 1. The summed E-state index contributed by atoms with van der Waals surface area (Å²) in [4.78, 5) is 10.8. The maximum Gasteiger partial charge on any atom is 0.128 e. The van der Waals surface area contributed by atoms with Crippen molar-refractivity contribution in [3.63, 3.8) is 0 Å². The number of hydrogen-bond donors (Lipinski definition) is 1. The van der Waals surface area contributed by atoms with E-state index in [2.05, 4.69) is 41.9 Å². The molecule has 0 radical (unpaired) electrons. The summed E-state index contributed by atoms with van der Waals surface area (Å²) in [5.41, 5.74) is 5.72. The number of nitrogens with one attached hydrogen (secondary N) is 1. The van der Waals surface area contributed by atoms with Gasteiger partial charge < -0.3 is 4.98 Å². The maximum absolute atomic E-state index is 13.5. The van der Waals surface area contributed by atoms with Gasteiger partial charge in [0.15, 0.2) is 0 Å². The molecule has 1 saturated heterocycles. The summed E-state index contributed by atoms with van der Waals surface area (Å²) in [6, 6.07) is 11.5. The van der Waals surface area contributed by atoms with Crippen LogP contribution < -0.4 is 0 Å². The number of aromatic amines is 1. The van der Waals surface area contributed by atoms with Crippen LogP contribution in [0.3, 0.4) is 0 Å². The molecule has 5 rings (SSSR count). The first kappa shape index (κ1) is 15.1. The van der Waals surface area contributed by atoms with Crippen molar-refractivity contribution in [2.75, 3.05) is 6.54 Å². The van der Waals surface area contributed by atoms with Crippen molar-refractivity contribution in [1.82, 2.24) is 14.9 Å². The lowest BCUT2D eigenvalue weighted by atomic mass is 10.1. The van der Waals surface area contributed by atoms with Gasteiger partial charge in [-0.3, -0.25) is 4.90 Å². The van der Waals surface area contributed by atoms with Gasteiger partial charge in [-0.25, -0.2) is 9.37 Å². The Kier molecular flexibility index (Phi) is 3.11. The predicted molar refractivity (Wildman–Crippen MR) is 96.8 cm³/mol. The molecule has 2 aliphatic rings. The summed E-state index contributed by atoms with van der Waals surface area (Å²) in [6.07, 6.45) is 2.37. The molecule has 1 saturated carbocycles. The molecule has 128 valence electrons. The van der Waals surface area contributed by atoms with Crippen LogP contribution in [0.2, 0.25) is 0 Å². The van der Waals surface area contributed by atoms with Gasteiger partial charge in [-0.1, -0.05) is 18.2 Å². The third-order valence-electron chi connectivity index (χ3n) is 6.18. The number of halogens is 1. The molecule has 1 N–H and O–H groups in total. The van der Waals surface area contributed by atoms with Crippen molar-refractivity contribution in [2.24, 2.45) is 5.92 Å². The number of imidazole rings is 1. The third-order valence-corrected chi connectivity index (χ3v) is 6.18. The zero-order valence-corrected chi connectivity index (χ0v) is 14.6. The number of aromatic nitrogens is 2. The first-order chi connectivity index (χ1) is 12.1. The van der Waals surface area contributed by atoms with Gasteiger partial charge in [-0.2, -0.15) is 0 Å². The number of hydrogen-bond acceptors (Lipinski definition) is 2. The zero-order chi connectivity index (χ0) is 17.2. The molecular formula is C21H22FN3. The van der Waals surface area contributed by atoms with Crippen molar-refractivity contribution in [3.05, 3.63) is 64.7 Å². The second-order valence-corrected chi connectivity index (χ2v) is 7.70. The summed E-state index contributed by atoms with van der Waals surface area (Å²) in [6.45, 7) is 6.37. The lowest BCUT2D eigenvalue weighted by Gasteiger charge is -2.27. The van der Waals surface area contributed by atoms with Gasteiger partial charge in [0.25, 0.3) is 0 Å². The number of rotatable bonds is 3. The van der Waals surface area contributed by atoms with Crippen LogP contribution in [-0.4, -0.2) is 21.4 Å². The molecular weight excluding hydrogens is 313 g/mol. The summed E-state index contributed by atoms with van der Waals surface area (Å²) in [5, 5.41) is 0. The second kappa shape index (κ2) is 5.15. The Labute approximate surface area is 146 Å². The number of H-pyrrole nitrogens is 1. The Morgan fingerprint density at radius 2 is 2.08 bits per heavy atom. The average molecular weight is 335 g/mol. The van der Waals surface area contributed by atoms with E-state index < -0.39 is 0 Å². The van der Waals surface area contributed by atoms with Crippen molar-refractivity contribution < 1.29 is 4.39 Å². The quantitative estimate of drug-likeness (QED) is 0.767. The van der Waals surface area contributed by atoms with Crippen molar-refractivity contribution >= 4 is 11.0 Å². The number of likely N-dealkylation sites (tertiary alicyclic amines) is 1. The van der Waals surface area contributed by atoms with Crippen LogP contribution in [-0.2, 0) is 12.1 Å². The fraction of sp³-hybridized carbons (Fsp3) is 0.381. The minimum atomic E-state index is -0.217. The lowest BCUT2D eigenvalue weighted by molar-refractivity contribution is 0.194. The smallest absolute Gasteiger partial charge is 0.128 e. The molecule has 1 aromatic heterocycles. The molecule has 0 bridgehead atoms. The van der Waals surface area contributed by atoms with Crippen LogP contribution in [0, 0.1) is 25.6 Å². The Morgan fingerprint density at radius 3 is 2.88 bits per heavy atom. The molecule has 3 aromatic rings. The monoisotopic (exact) mass is 335 g/mol. The van der Waals surface area contributed by atoms with E-state index in [0.717, 1.165) is 36.4 Å². The molecule has 0 amide bonds. The van der Waals surface area contributed by atoms with Crippen molar-refractivity contribution in [3.8, 4) is 0 Å². The van der Waals surface area contributed by atoms with E-state index in [0.29, 0.717) is 5.92 Å². The van der Waals surface area contributed by atoms with Crippen molar-refractivity contribution in [2.45, 2.75) is 38.8 Å². The fourth-order valence-electron chi connectivity index (χ4n) is 4.53. The van der Waals surface area contributed by atoms with E-state index >= 15 is 0 Å². The Hall–Kier alpha value is -2.20. The van der Waals surface area contributed by atoms with E-state index in [4.69, 9.17) is 4.98 Å². The minimum Gasteiger partial charge on any atom is -0.340 e.